The maximum absolute atomic E-state index is 12.1. The molecular weight excluding hydrogens is 312 g/mol. The fourth-order valence-electron chi connectivity index (χ4n) is 2.87. The fraction of sp³-hybridized carbons (Fsp3) is 0.238. The highest BCUT2D eigenvalue weighted by atomic mass is 16.6. The van der Waals surface area contributed by atoms with Crippen molar-refractivity contribution in [3.63, 3.8) is 0 Å². The average molecular weight is 334 g/mol. The second-order valence-corrected chi connectivity index (χ2v) is 5.91. The molecule has 0 atom stereocenters. The number of aliphatic imine (C=N–C) groups is 1. The molecule has 3 rings (SSSR count). The highest BCUT2D eigenvalue weighted by Gasteiger charge is 2.24. The Hall–Kier alpha value is -2.88. The molecule has 0 bridgehead atoms. The van der Waals surface area contributed by atoms with Gasteiger partial charge in [-0.15, -0.1) is 0 Å². The Labute approximate surface area is 148 Å². The van der Waals surface area contributed by atoms with Gasteiger partial charge in [-0.3, -0.25) is 0 Å². The molecule has 1 aliphatic rings. The van der Waals surface area contributed by atoms with Crippen molar-refractivity contribution in [2.45, 2.75) is 20.8 Å². The lowest BCUT2D eigenvalue weighted by Crippen LogP contribution is -2.21. The standard InChI is InChI=1S/C21H22N2O2/c1-4-23(5-2)17-12-10-16(11-13-17)14-19-21(24)25-20(22-19)18-9-7-6-8-15(18)3/h6-14H,4-5H2,1-3H3/b19-14-. The monoisotopic (exact) mass is 334 g/mol. The minimum Gasteiger partial charge on any atom is -0.402 e. The largest absolute Gasteiger partial charge is 0.402 e. The number of nitrogens with zero attached hydrogens (tertiary/aromatic N) is 2. The Kier molecular flexibility index (Phi) is 4.98. The quantitative estimate of drug-likeness (QED) is 0.608. The average Bonchev–Trinajstić information content (AvgIpc) is 2.98. The SMILES string of the molecule is CCN(CC)c1ccc(/C=C2\N=C(c3ccccc3C)OC2=O)cc1. The van der Waals surface area contributed by atoms with E-state index in [1.807, 2.05) is 43.3 Å². The van der Waals surface area contributed by atoms with E-state index in [-0.39, 0.29) is 0 Å². The first-order chi connectivity index (χ1) is 12.1. The van der Waals surface area contributed by atoms with Crippen molar-refractivity contribution in [1.29, 1.82) is 0 Å². The molecule has 0 radical (unpaired) electrons. The van der Waals surface area contributed by atoms with Gasteiger partial charge in [-0.05, 0) is 56.2 Å². The summed E-state index contributed by atoms with van der Waals surface area (Å²) in [6, 6.07) is 15.8. The maximum Gasteiger partial charge on any atom is 0.363 e. The van der Waals surface area contributed by atoms with E-state index in [2.05, 4.69) is 35.9 Å². The zero-order chi connectivity index (χ0) is 17.8. The molecule has 1 aliphatic heterocycles. The van der Waals surface area contributed by atoms with Crippen molar-refractivity contribution < 1.29 is 9.53 Å². The van der Waals surface area contributed by atoms with Crippen LogP contribution in [0.15, 0.2) is 59.2 Å². The van der Waals surface area contributed by atoms with Gasteiger partial charge < -0.3 is 9.64 Å². The molecule has 0 aliphatic carbocycles. The number of anilines is 1. The Morgan fingerprint density at radius 3 is 2.36 bits per heavy atom. The maximum atomic E-state index is 12.1. The molecule has 0 N–H and O–H groups in total. The second kappa shape index (κ2) is 7.34. The van der Waals surface area contributed by atoms with Crippen LogP contribution in [0.1, 0.15) is 30.5 Å². The van der Waals surface area contributed by atoms with Crippen molar-refractivity contribution in [1.82, 2.24) is 0 Å². The molecule has 0 saturated carbocycles. The second-order valence-electron chi connectivity index (χ2n) is 5.91. The lowest BCUT2D eigenvalue weighted by molar-refractivity contribution is -0.129. The molecule has 0 fully saturated rings. The number of carbonyl (C=O) groups excluding carboxylic acids is 1. The number of ether oxygens (including phenoxy) is 1. The number of hydrogen-bond donors (Lipinski definition) is 0. The van der Waals surface area contributed by atoms with Gasteiger partial charge >= 0.3 is 5.97 Å². The molecule has 25 heavy (non-hydrogen) atoms. The summed E-state index contributed by atoms with van der Waals surface area (Å²) in [5, 5.41) is 0. The van der Waals surface area contributed by atoms with Gasteiger partial charge in [0.05, 0.1) is 0 Å². The van der Waals surface area contributed by atoms with E-state index < -0.39 is 5.97 Å². The zero-order valence-corrected chi connectivity index (χ0v) is 14.8. The number of hydrogen-bond acceptors (Lipinski definition) is 4. The topological polar surface area (TPSA) is 41.9 Å². The lowest BCUT2D eigenvalue weighted by atomic mass is 10.1. The van der Waals surface area contributed by atoms with E-state index in [0.29, 0.717) is 11.6 Å². The number of cyclic esters (lactones) is 1. The van der Waals surface area contributed by atoms with Gasteiger partial charge in [0.25, 0.3) is 0 Å². The molecule has 1 heterocycles. The number of rotatable bonds is 5. The summed E-state index contributed by atoms with van der Waals surface area (Å²) in [7, 11) is 0. The third kappa shape index (κ3) is 3.63. The minimum atomic E-state index is -0.411. The van der Waals surface area contributed by atoms with Crippen LogP contribution in [-0.2, 0) is 9.53 Å². The zero-order valence-electron chi connectivity index (χ0n) is 14.8. The summed E-state index contributed by atoms with van der Waals surface area (Å²) in [5.74, 6) is -0.0415. The summed E-state index contributed by atoms with van der Waals surface area (Å²) >= 11 is 0. The molecule has 0 saturated heterocycles. The molecule has 0 spiro atoms. The molecule has 2 aromatic carbocycles. The summed E-state index contributed by atoms with van der Waals surface area (Å²) in [6.07, 6.45) is 1.76. The normalized spacial score (nSPS) is 15.2. The van der Waals surface area contributed by atoms with Crippen LogP contribution in [0.5, 0.6) is 0 Å². The minimum absolute atomic E-state index is 0.328. The van der Waals surface area contributed by atoms with Crippen LogP contribution in [0.2, 0.25) is 0 Å². The van der Waals surface area contributed by atoms with Gasteiger partial charge in [0.2, 0.25) is 5.90 Å². The van der Waals surface area contributed by atoms with Crippen LogP contribution in [0.4, 0.5) is 5.69 Å². The third-order valence-corrected chi connectivity index (χ3v) is 4.32. The molecule has 0 aromatic heterocycles. The first-order valence-electron chi connectivity index (χ1n) is 8.56. The highest BCUT2D eigenvalue weighted by Crippen LogP contribution is 2.22. The molecule has 0 unspecified atom stereocenters. The highest BCUT2D eigenvalue weighted by molar-refractivity contribution is 6.13. The predicted molar refractivity (Wildman–Crippen MR) is 102 cm³/mol. The first kappa shape index (κ1) is 17.0. The van der Waals surface area contributed by atoms with Crippen LogP contribution in [0.3, 0.4) is 0 Å². The van der Waals surface area contributed by atoms with E-state index in [9.17, 15) is 4.79 Å². The Morgan fingerprint density at radius 2 is 1.72 bits per heavy atom. The predicted octanol–water partition coefficient (Wildman–Crippen LogP) is 4.19. The van der Waals surface area contributed by atoms with Crippen molar-refractivity contribution in [2.24, 2.45) is 4.99 Å². The van der Waals surface area contributed by atoms with Crippen molar-refractivity contribution in [2.75, 3.05) is 18.0 Å². The number of esters is 1. The molecule has 128 valence electrons. The summed E-state index contributed by atoms with van der Waals surface area (Å²) in [4.78, 5) is 18.8. The van der Waals surface area contributed by atoms with E-state index >= 15 is 0 Å². The van der Waals surface area contributed by atoms with Crippen LogP contribution >= 0.6 is 0 Å². The van der Waals surface area contributed by atoms with Crippen LogP contribution in [0, 0.1) is 6.92 Å². The van der Waals surface area contributed by atoms with Gasteiger partial charge in [0, 0.05) is 24.3 Å². The fourth-order valence-corrected chi connectivity index (χ4v) is 2.87. The van der Waals surface area contributed by atoms with Crippen molar-refractivity contribution in [3.05, 3.63) is 70.9 Å². The number of aryl methyl sites for hydroxylation is 1. The molecular formula is C21H22N2O2. The van der Waals surface area contributed by atoms with Gasteiger partial charge in [0.15, 0.2) is 5.70 Å². The third-order valence-electron chi connectivity index (χ3n) is 4.32. The van der Waals surface area contributed by atoms with Crippen LogP contribution in [0.25, 0.3) is 6.08 Å². The molecule has 4 heteroatoms. The van der Waals surface area contributed by atoms with Crippen LogP contribution in [-0.4, -0.2) is 25.0 Å². The number of benzene rings is 2. The first-order valence-corrected chi connectivity index (χ1v) is 8.56. The van der Waals surface area contributed by atoms with E-state index in [1.165, 1.54) is 5.69 Å². The Morgan fingerprint density at radius 1 is 1.04 bits per heavy atom. The lowest BCUT2D eigenvalue weighted by Gasteiger charge is -2.20. The van der Waals surface area contributed by atoms with E-state index in [0.717, 1.165) is 29.8 Å². The van der Waals surface area contributed by atoms with E-state index in [1.54, 1.807) is 6.08 Å². The van der Waals surface area contributed by atoms with E-state index in [4.69, 9.17) is 4.74 Å². The van der Waals surface area contributed by atoms with Gasteiger partial charge in [0.1, 0.15) is 0 Å². The van der Waals surface area contributed by atoms with Gasteiger partial charge in [-0.2, -0.15) is 0 Å². The summed E-state index contributed by atoms with van der Waals surface area (Å²) in [6.45, 7) is 8.17. The number of carbonyl (C=O) groups is 1. The Bertz CT molecular complexity index is 831. The Balaban J connectivity index is 1.86. The van der Waals surface area contributed by atoms with Crippen LogP contribution < -0.4 is 4.90 Å². The van der Waals surface area contributed by atoms with Gasteiger partial charge in [-0.1, -0.05) is 30.3 Å². The van der Waals surface area contributed by atoms with Crippen molar-refractivity contribution >= 4 is 23.6 Å². The molecule has 2 aromatic rings. The van der Waals surface area contributed by atoms with Gasteiger partial charge in [-0.25, -0.2) is 9.79 Å². The smallest absolute Gasteiger partial charge is 0.363 e. The van der Waals surface area contributed by atoms with Crippen molar-refractivity contribution in [3.8, 4) is 0 Å². The molecule has 4 nitrogen and oxygen atoms in total. The molecule has 0 amide bonds. The summed E-state index contributed by atoms with van der Waals surface area (Å²) < 4.78 is 5.34. The summed E-state index contributed by atoms with van der Waals surface area (Å²) in [5.41, 5.74) is 4.30.